The van der Waals surface area contributed by atoms with Crippen molar-refractivity contribution in [2.75, 3.05) is 13.6 Å². The van der Waals surface area contributed by atoms with Crippen LogP contribution in [-0.2, 0) is 0 Å². The third-order valence-corrected chi connectivity index (χ3v) is 2.57. The van der Waals surface area contributed by atoms with Gasteiger partial charge in [0, 0.05) is 36.4 Å². The van der Waals surface area contributed by atoms with E-state index in [4.69, 9.17) is 11.6 Å². The molecule has 3 nitrogen and oxygen atoms in total. The minimum absolute atomic E-state index is 0.0165. The molecular weight excluding hydrogens is 224 g/mol. The van der Waals surface area contributed by atoms with Gasteiger partial charge in [-0.3, -0.25) is 9.78 Å². The van der Waals surface area contributed by atoms with E-state index in [0.29, 0.717) is 12.1 Å². The number of hydrogen-bond acceptors (Lipinski definition) is 2. The van der Waals surface area contributed by atoms with E-state index in [1.54, 1.807) is 30.3 Å². The highest BCUT2D eigenvalue weighted by molar-refractivity contribution is 6.20. The molecule has 0 aliphatic rings. The predicted molar refractivity (Wildman–Crippen MR) is 65.9 cm³/mol. The largest absolute Gasteiger partial charge is 0.342 e. The van der Waals surface area contributed by atoms with E-state index in [-0.39, 0.29) is 11.3 Å². The summed E-state index contributed by atoms with van der Waals surface area (Å²) in [6.07, 6.45) is 2.45. The van der Waals surface area contributed by atoms with Crippen LogP contribution in [0.4, 0.5) is 0 Å². The standard InChI is InChI=1S/C12H17ClN2O/c1-9(13)5-7-15(3)12(16)11-4-6-14-10(2)8-11/h4,6,8-9H,5,7H2,1-3H3. The summed E-state index contributed by atoms with van der Waals surface area (Å²) in [5.41, 5.74) is 1.53. The number of hydrogen-bond donors (Lipinski definition) is 0. The quantitative estimate of drug-likeness (QED) is 0.758. The number of halogens is 1. The Morgan fingerprint density at radius 1 is 1.62 bits per heavy atom. The number of aryl methyl sites for hydroxylation is 1. The van der Waals surface area contributed by atoms with E-state index in [9.17, 15) is 4.79 Å². The Labute approximate surface area is 101 Å². The molecule has 0 fully saturated rings. The Balaban J connectivity index is 2.63. The lowest BCUT2D eigenvalue weighted by atomic mass is 10.2. The van der Waals surface area contributed by atoms with Gasteiger partial charge in [-0.1, -0.05) is 0 Å². The molecule has 0 aliphatic heterocycles. The fraction of sp³-hybridized carbons (Fsp3) is 0.500. The molecule has 0 N–H and O–H groups in total. The number of pyridine rings is 1. The molecule has 0 aliphatic carbocycles. The zero-order valence-electron chi connectivity index (χ0n) is 9.90. The van der Waals surface area contributed by atoms with Gasteiger partial charge >= 0.3 is 0 Å². The first-order valence-corrected chi connectivity index (χ1v) is 5.76. The first kappa shape index (κ1) is 13.0. The molecular formula is C12H17ClN2O. The molecule has 0 saturated heterocycles. The number of alkyl halides is 1. The second-order valence-corrected chi connectivity index (χ2v) is 4.73. The maximum atomic E-state index is 12.0. The SMILES string of the molecule is Cc1cc(C(=O)N(C)CCC(C)Cl)ccn1. The number of carbonyl (C=O) groups excluding carboxylic acids is 1. The van der Waals surface area contributed by atoms with Crippen LogP contribution in [0, 0.1) is 6.92 Å². The van der Waals surface area contributed by atoms with E-state index in [0.717, 1.165) is 12.1 Å². The lowest BCUT2D eigenvalue weighted by molar-refractivity contribution is 0.0793. The minimum Gasteiger partial charge on any atom is -0.342 e. The highest BCUT2D eigenvalue weighted by atomic mass is 35.5. The van der Waals surface area contributed by atoms with E-state index in [2.05, 4.69) is 4.98 Å². The van der Waals surface area contributed by atoms with Crippen molar-refractivity contribution in [2.45, 2.75) is 25.6 Å². The number of rotatable bonds is 4. The van der Waals surface area contributed by atoms with Crippen LogP contribution in [0.5, 0.6) is 0 Å². The van der Waals surface area contributed by atoms with Gasteiger partial charge in [0.25, 0.3) is 5.91 Å². The maximum Gasteiger partial charge on any atom is 0.253 e. The molecule has 1 rings (SSSR count). The summed E-state index contributed by atoms with van der Waals surface area (Å²) < 4.78 is 0. The number of carbonyl (C=O) groups is 1. The Morgan fingerprint density at radius 2 is 2.31 bits per heavy atom. The topological polar surface area (TPSA) is 33.2 Å². The van der Waals surface area contributed by atoms with Gasteiger partial charge in [-0.15, -0.1) is 11.6 Å². The summed E-state index contributed by atoms with van der Waals surface area (Å²) in [6.45, 7) is 4.47. The van der Waals surface area contributed by atoms with E-state index >= 15 is 0 Å². The lowest BCUT2D eigenvalue weighted by Crippen LogP contribution is -2.28. The fourth-order valence-corrected chi connectivity index (χ4v) is 1.47. The van der Waals surface area contributed by atoms with Gasteiger partial charge in [-0.2, -0.15) is 0 Å². The van der Waals surface area contributed by atoms with Crippen LogP contribution in [0.2, 0.25) is 0 Å². The van der Waals surface area contributed by atoms with Crippen molar-refractivity contribution in [1.82, 2.24) is 9.88 Å². The molecule has 1 unspecified atom stereocenters. The second-order valence-electron chi connectivity index (χ2n) is 3.98. The average Bonchev–Trinajstić information content (AvgIpc) is 2.24. The van der Waals surface area contributed by atoms with E-state index in [1.165, 1.54) is 0 Å². The zero-order valence-corrected chi connectivity index (χ0v) is 10.7. The molecule has 88 valence electrons. The summed E-state index contributed by atoms with van der Waals surface area (Å²) in [7, 11) is 1.79. The Bertz CT molecular complexity index is 366. The van der Waals surface area contributed by atoms with Crippen molar-refractivity contribution < 1.29 is 4.79 Å². The van der Waals surface area contributed by atoms with Crippen LogP contribution in [0.15, 0.2) is 18.3 Å². The van der Waals surface area contributed by atoms with E-state index in [1.807, 2.05) is 13.8 Å². The highest BCUT2D eigenvalue weighted by Crippen LogP contribution is 2.07. The Hall–Kier alpha value is -1.09. The van der Waals surface area contributed by atoms with Gasteiger partial charge in [-0.25, -0.2) is 0 Å². The molecule has 4 heteroatoms. The maximum absolute atomic E-state index is 12.0. The van der Waals surface area contributed by atoms with Crippen molar-refractivity contribution in [3.05, 3.63) is 29.6 Å². The number of nitrogens with zero attached hydrogens (tertiary/aromatic N) is 2. The summed E-state index contributed by atoms with van der Waals surface area (Å²) in [5.74, 6) is 0.0165. The van der Waals surface area contributed by atoms with Crippen molar-refractivity contribution in [3.8, 4) is 0 Å². The molecule has 1 amide bonds. The van der Waals surface area contributed by atoms with Crippen molar-refractivity contribution in [1.29, 1.82) is 0 Å². The molecule has 1 atom stereocenters. The molecule has 0 saturated carbocycles. The van der Waals surface area contributed by atoms with Crippen LogP contribution in [-0.4, -0.2) is 34.8 Å². The molecule has 16 heavy (non-hydrogen) atoms. The van der Waals surface area contributed by atoms with Crippen LogP contribution in [0.1, 0.15) is 29.4 Å². The minimum atomic E-state index is 0.0165. The zero-order chi connectivity index (χ0) is 12.1. The second kappa shape index (κ2) is 5.85. The fourth-order valence-electron chi connectivity index (χ4n) is 1.37. The summed E-state index contributed by atoms with van der Waals surface area (Å²) in [5, 5.41) is 0.0921. The Morgan fingerprint density at radius 3 is 2.88 bits per heavy atom. The molecule has 1 heterocycles. The van der Waals surface area contributed by atoms with Crippen molar-refractivity contribution in [2.24, 2.45) is 0 Å². The van der Waals surface area contributed by atoms with Gasteiger partial charge in [-0.05, 0) is 32.4 Å². The molecule has 0 bridgehead atoms. The first-order valence-electron chi connectivity index (χ1n) is 5.33. The molecule has 0 spiro atoms. The summed E-state index contributed by atoms with van der Waals surface area (Å²) in [6, 6.07) is 3.53. The van der Waals surface area contributed by atoms with Gasteiger partial charge in [0.15, 0.2) is 0 Å². The van der Waals surface area contributed by atoms with Crippen LogP contribution < -0.4 is 0 Å². The first-order chi connectivity index (χ1) is 7.50. The average molecular weight is 241 g/mol. The summed E-state index contributed by atoms with van der Waals surface area (Å²) >= 11 is 5.85. The van der Waals surface area contributed by atoms with Gasteiger partial charge in [0.05, 0.1) is 0 Å². The van der Waals surface area contributed by atoms with Crippen molar-refractivity contribution >= 4 is 17.5 Å². The highest BCUT2D eigenvalue weighted by Gasteiger charge is 2.12. The Kier molecular flexibility index (Phi) is 4.74. The monoisotopic (exact) mass is 240 g/mol. The summed E-state index contributed by atoms with van der Waals surface area (Å²) in [4.78, 5) is 17.7. The number of aromatic nitrogens is 1. The smallest absolute Gasteiger partial charge is 0.253 e. The van der Waals surface area contributed by atoms with E-state index < -0.39 is 0 Å². The van der Waals surface area contributed by atoms with Crippen molar-refractivity contribution in [3.63, 3.8) is 0 Å². The van der Waals surface area contributed by atoms with Gasteiger partial charge in [0.2, 0.25) is 0 Å². The lowest BCUT2D eigenvalue weighted by Gasteiger charge is -2.17. The molecule has 0 aromatic carbocycles. The predicted octanol–water partition coefficient (Wildman–Crippen LogP) is 2.48. The third-order valence-electron chi connectivity index (χ3n) is 2.35. The van der Waals surface area contributed by atoms with Crippen LogP contribution in [0.25, 0.3) is 0 Å². The normalized spacial score (nSPS) is 12.2. The van der Waals surface area contributed by atoms with Gasteiger partial charge in [0.1, 0.15) is 0 Å². The van der Waals surface area contributed by atoms with Crippen LogP contribution >= 0.6 is 11.6 Å². The van der Waals surface area contributed by atoms with Crippen LogP contribution in [0.3, 0.4) is 0 Å². The molecule has 0 radical (unpaired) electrons. The molecule has 1 aromatic rings. The number of amides is 1. The molecule has 1 aromatic heterocycles. The third kappa shape index (κ3) is 3.81. The van der Waals surface area contributed by atoms with Gasteiger partial charge < -0.3 is 4.90 Å².